The Morgan fingerprint density at radius 3 is 2.80 bits per heavy atom. The highest BCUT2D eigenvalue weighted by Gasteiger charge is 2.30. The Hall–Kier alpha value is -2.76. The first-order valence-corrected chi connectivity index (χ1v) is 11.1. The molecular formula is C22H24N4O3S. The van der Waals surface area contributed by atoms with Crippen LogP contribution in [-0.4, -0.2) is 47.5 Å². The van der Waals surface area contributed by atoms with E-state index in [1.165, 1.54) is 11.3 Å². The predicted molar refractivity (Wildman–Crippen MR) is 112 cm³/mol. The Bertz CT molecular complexity index is 946. The maximum atomic E-state index is 12.6. The molecule has 0 bridgehead atoms. The summed E-state index contributed by atoms with van der Waals surface area (Å²) < 4.78 is 5.51. The lowest BCUT2D eigenvalue weighted by Crippen LogP contribution is -2.46. The second-order valence-corrected chi connectivity index (χ2v) is 8.67. The lowest BCUT2D eigenvalue weighted by atomic mass is 9.97. The number of aromatic nitrogens is 1. The number of thiazole rings is 1. The minimum atomic E-state index is -0.193. The molecule has 7 nitrogen and oxygen atoms in total. The molecule has 4 rings (SSSR count). The maximum absolute atomic E-state index is 12.6. The summed E-state index contributed by atoms with van der Waals surface area (Å²) in [4.78, 5) is 31.3. The Labute approximate surface area is 179 Å². The molecule has 156 valence electrons. The Morgan fingerprint density at radius 1 is 1.27 bits per heavy atom. The van der Waals surface area contributed by atoms with E-state index < -0.39 is 0 Å². The van der Waals surface area contributed by atoms with E-state index in [9.17, 15) is 9.59 Å². The molecule has 1 aromatic carbocycles. The molecule has 1 aliphatic heterocycles. The number of ether oxygens (including phenoxy) is 1. The van der Waals surface area contributed by atoms with Crippen molar-refractivity contribution in [3.63, 3.8) is 0 Å². The average molecular weight is 425 g/mol. The third-order valence-electron chi connectivity index (χ3n) is 5.39. The molecule has 1 N–H and O–H groups in total. The second kappa shape index (κ2) is 9.37. The van der Waals surface area contributed by atoms with E-state index in [2.05, 4.69) is 16.4 Å². The van der Waals surface area contributed by atoms with Crippen LogP contribution >= 0.6 is 11.3 Å². The van der Waals surface area contributed by atoms with Crippen LogP contribution in [0.1, 0.15) is 36.3 Å². The highest BCUT2D eigenvalue weighted by Crippen LogP contribution is 2.24. The normalized spacial score (nSPS) is 18.6. The van der Waals surface area contributed by atoms with Gasteiger partial charge in [0, 0.05) is 24.0 Å². The molecule has 2 aromatic rings. The van der Waals surface area contributed by atoms with E-state index in [0.717, 1.165) is 41.9 Å². The van der Waals surface area contributed by atoms with Crippen molar-refractivity contribution < 1.29 is 14.3 Å². The summed E-state index contributed by atoms with van der Waals surface area (Å²) in [5.41, 5.74) is 2.39. The molecule has 1 saturated carbocycles. The van der Waals surface area contributed by atoms with Gasteiger partial charge >= 0.3 is 0 Å². The number of nitrogens with zero attached hydrogens (tertiary/aromatic N) is 3. The van der Waals surface area contributed by atoms with E-state index in [0.29, 0.717) is 25.2 Å². The summed E-state index contributed by atoms with van der Waals surface area (Å²) >= 11 is 1.49. The van der Waals surface area contributed by atoms with E-state index >= 15 is 0 Å². The van der Waals surface area contributed by atoms with Gasteiger partial charge in [0.1, 0.15) is 11.6 Å². The van der Waals surface area contributed by atoms with Crippen LogP contribution < -0.4 is 5.32 Å². The zero-order valence-electron chi connectivity index (χ0n) is 16.7. The second-order valence-electron chi connectivity index (χ2n) is 7.72. The number of carbonyl (C=O) groups excluding carboxylic acids is 2. The molecule has 30 heavy (non-hydrogen) atoms. The van der Waals surface area contributed by atoms with Gasteiger partial charge in [0.15, 0.2) is 0 Å². The van der Waals surface area contributed by atoms with Gasteiger partial charge in [-0.3, -0.25) is 9.59 Å². The summed E-state index contributed by atoms with van der Waals surface area (Å²) in [5, 5.41) is 14.6. The number of hydrogen-bond acceptors (Lipinski definition) is 6. The molecule has 0 unspecified atom stereocenters. The smallest absolute Gasteiger partial charge is 0.248 e. The third-order valence-corrected chi connectivity index (χ3v) is 6.24. The molecule has 1 aliphatic carbocycles. The van der Waals surface area contributed by atoms with E-state index in [1.54, 1.807) is 17.0 Å². The number of rotatable bonds is 7. The van der Waals surface area contributed by atoms with Crippen LogP contribution in [0, 0.1) is 17.2 Å². The van der Waals surface area contributed by atoms with Crippen LogP contribution in [0.15, 0.2) is 29.6 Å². The molecular weight excluding hydrogens is 400 g/mol. The Balaban J connectivity index is 1.27. The van der Waals surface area contributed by atoms with Crippen LogP contribution in [0.2, 0.25) is 0 Å². The minimum Gasteiger partial charge on any atom is -0.368 e. The van der Waals surface area contributed by atoms with Crippen LogP contribution in [0.5, 0.6) is 0 Å². The maximum Gasteiger partial charge on any atom is 0.248 e. The van der Waals surface area contributed by atoms with Gasteiger partial charge in [-0.1, -0.05) is 12.1 Å². The number of carbonyl (C=O) groups is 2. The van der Waals surface area contributed by atoms with Gasteiger partial charge in [0.05, 0.1) is 35.9 Å². The van der Waals surface area contributed by atoms with Crippen molar-refractivity contribution in [3.8, 4) is 17.3 Å². The lowest BCUT2D eigenvalue weighted by Gasteiger charge is -2.32. The van der Waals surface area contributed by atoms with Gasteiger partial charge in [-0.15, -0.1) is 11.3 Å². The van der Waals surface area contributed by atoms with Gasteiger partial charge in [0.2, 0.25) is 11.8 Å². The van der Waals surface area contributed by atoms with Gasteiger partial charge in [0.25, 0.3) is 0 Å². The largest absolute Gasteiger partial charge is 0.368 e. The topological polar surface area (TPSA) is 95.3 Å². The SMILES string of the molecule is N#Cc1ccc(-c2csc(CNC(=O)[C@H]3CCCN(C(=O)COC4CC4)C3)n2)cc1. The molecule has 1 aromatic heterocycles. The van der Waals surface area contributed by atoms with Gasteiger partial charge < -0.3 is 15.0 Å². The van der Waals surface area contributed by atoms with Crippen LogP contribution in [-0.2, 0) is 20.9 Å². The van der Waals surface area contributed by atoms with Crippen molar-refractivity contribution in [3.05, 3.63) is 40.2 Å². The summed E-state index contributed by atoms with van der Waals surface area (Å²) in [7, 11) is 0. The van der Waals surface area contributed by atoms with Crippen molar-refractivity contribution in [2.75, 3.05) is 19.7 Å². The molecule has 2 amide bonds. The molecule has 2 heterocycles. The monoisotopic (exact) mass is 424 g/mol. The fraction of sp³-hybridized carbons (Fsp3) is 0.455. The highest BCUT2D eigenvalue weighted by molar-refractivity contribution is 7.09. The van der Waals surface area contributed by atoms with Crippen molar-refractivity contribution in [2.24, 2.45) is 5.92 Å². The first-order chi connectivity index (χ1) is 14.6. The summed E-state index contributed by atoms with van der Waals surface area (Å²) in [6.45, 7) is 1.63. The first kappa shape index (κ1) is 20.5. The number of likely N-dealkylation sites (tertiary alicyclic amines) is 1. The zero-order chi connectivity index (χ0) is 20.9. The number of amides is 2. The number of benzene rings is 1. The van der Waals surface area contributed by atoms with Crippen LogP contribution in [0.4, 0.5) is 0 Å². The molecule has 8 heteroatoms. The molecule has 0 spiro atoms. The quantitative estimate of drug-likeness (QED) is 0.737. The first-order valence-electron chi connectivity index (χ1n) is 10.2. The molecule has 2 fully saturated rings. The van der Waals surface area contributed by atoms with Gasteiger partial charge in [-0.2, -0.15) is 5.26 Å². The third kappa shape index (κ3) is 5.23. The van der Waals surface area contributed by atoms with E-state index in [-0.39, 0.29) is 30.4 Å². The lowest BCUT2D eigenvalue weighted by molar-refractivity contribution is -0.140. The highest BCUT2D eigenvalue weighted by atomic mass is 32.1. The summed E-state index contributed by atoms with van der Waals surface area (Å²) in [5.74, 6) is -0.251. The molecule has 1 atom stereocenters. The number of piperidine rings is 1. The Kier molecular flexibility index (Phi) is 6.41. The van der Waals surface area contributed by atoms with E-state index in [4.69, 9.17) is 10.00 Å². The number of hydrogen-bond donors (Lipinski definition) is 1. The molecule has 2 aliphatic rings. The average Bonchev–Trinajstić information content (AvgIpc) is 3.51. The summed E-state index contributed by atoms with van der Waals surface area (Å²) in [6, 6.07) is 9.38. The fourth-order valence-electron chi connectivity index (χ4n) is 3.48. The number of nitrogens with one attached hydrogen (secondary N) is 1. The van der Waals surface area contributed by atoms with Crippen molar-refractivity contribution >= 4 is 23.2 Å². The minimum absolute atomic E-state index is 0.0219. The van der Waals surface area contributed by atoms with Crippen molar-refractivity contribution in [2.45, 2.75) is 38.3 Å². The number of nitriles is 1. The fourth-order valence-corrected chi connectivity index (χ4v) is 4.22. The van der Waals surface area contributed by atoms with Gasteiger partial charge in [-0.25, -0.2) is 4.98 Å². The molecule has 0 radical (unpaired) electrons. The summed E-state index contributed by atoms with van der Waals surface area (Å²) in [6.07, 6.45) is 3.95. The van der Waals surface area contributed by atoms with Crippen molar-refractivity contribution in [1.82, 2.24) is 15.2 Å². The zero-order valence-corrected chi connectivity index (χ0v) is 17.5. The van der Waals surface area contributed by atoms with Crippen LogP contribution in [0.3, 0.4) is 0 Å². The van der Waals surface area contributed by atoms with E-state index in [1.807, 2.05) is 17.5 Å². The van der Waals surface area contributed by atoms with Crippen LogP contribution in [0.25, 0.3) is 11.3 Å². The molecule has 1 saturated heterocycles. The van der Waals surface area contributed by atoms with Gasteiger partial charge in [-0.05, 0) is 37.8 Å². The predicted octanol–water partition coefficient (Wildman–Crippen LogP) is 2.72. The standard InChI is InChI=1S/C22H24N4O3S/c23-10-15-3-5-16(6-4-15)19-14-30-20(25-19)11-24-22(28)17-2-1-9-26(12-17)21(27)13-29-18-7-8-18/h3-6,14,17-18H,1-2,7-9,11-13H2,(H,24,28)/t17-/m0/s1. The Morgan fingerprint density at radius 2 is 2.07 bits per heavy atom. The van der Waals surface area contributed by atoms with Crippen molar-refractivity contribution in [1.29, 1.82) is 5.26 Å².